The molecule has 0 atom stereocenters. The fourth-order valence-electron chi connectivity index (χ4n) is 1.32. The van der Waals surface area contributed by atoms with Crippen LogP contribution in [0.25, 0.3) is 11.3 Å². The normalized spacial score (nSPS) is 9.80. The van der Waals surface area contributed by atoms with Gasteiger partial charge in [0.25, 0.3) is 0 Å². The lowest BCUT2D eigenvalue weighted by atomic mass is 10.1. The van der Waals surface area contributed by atoms with Crippen LogP contribution in [0.2, 0.25) is 0 Å². The SMILES string of the molecule is N#Cc1c(-c2ccc(N)cc2)n[nH]c1N. The molecule has 1 heterocycles. The van der Waals surface area contributed by atoms with Gasteiger partial charge in [-0.2, -0.15) is 10.4 Å². The van der Waals surface area contributed by atoms with Crippen LogP contribution in [-0.2, 0) is 0 Å². The summed E-state index contributed by atoms with van der Waals surface area (Å²) in [6, 6.07) is 9.10. The third kappa shape index (κ3) is 1.48. The van der Waals surface area contributed by atoms with Crippen molar-refractivity contribution >= 4 is 11.5 Å². The van der Waals surface area contributed by atoms with Crippen molar-refractivity contribution < 1.29 is 0 Å². The highest BCUT2D eigenvalue weighted by Gasteiger charge is 2.11. The van der Waals surface area contributed by atoms with Crippen molar-refractivity contribution in [1.82, 2.24) is 10.2 Å². The van der Waals surface area contributed by atoms with Gasteiger partial charge in [-0.1, -0.05) is 12.1 Å². The molecule has 0 bridgehead atoms. The minimum Gasteiger partial charge on any atom is -0.399 e. The van der Waals surface area contributed by atoms with E-state index in [9.17, 15) is 0 Å². The summed E-state index contributed by atoms with van der Waals surface area (Å²) in [4.78, 5) is 0. The first-order valence-corrected chi connectivity index (χ1v) is 4.32. The zero-order chi connectivity index (χ0) is 10.8. The summed E-state index contributed by atoms with van der Waals surface area (Å²) in [5.74, 6) is 0.282. The number of nitriles is 1. The fraction of sp³-hybridized carbons (Fsp3) is 0. The van der Waals surface area contributed by atoms with E-state index in [4.69, 9.17) is 16.7 Å². The summed E-state index contributed by atoms with van der Waals surface area (Å²) < 4.78 is 0. The Morgan fingerprint density at radius 3 is 2.47 bits per heavy atom. The largest absolute Gasteiger partial charge is 0.399 e. The van der Waals surface area contributed by atoms with E-state index in [1.165, 1.54) is 0 Å². The summed E-state index contributed by atoms with van der Waals surface area (Å²) >= 11 is 0. The number of nitrogens with one attached hydrogen (secondary N) is 1. The molecule has 15 heavy (non-hydrogen) atoms. The molecular weight excluding hydrogens is 190 g/mol. The number of nitrogen functional groups attached to an aromatic ring is 2. The first-order valence-electron chi connectivity index (χ1n) is 4.32. The number of hydrogen-bond donors (Lipinski definition) is 3. The molecule has 1 aromatic heterocycles. The van der Waals surface area contributed by atoms with Crippen molar-refractivity contribution in [2.24, 2.45) is 0 Å². The molecule has 1 aromatic carbocycles. The Morgan fingerprint density at radius 2 is 1.87 bits per heavy atom. The predicted molar refractivity (Wildman–Crippen MR) is 57.6 cm³/mol. The zero-order valence-electron chi connectivity index (χ0n) is 7.86. The molecule has 0 spiro atoms. The van der Waals surface area contributed by atoms with Crippen LogP contribution in [0.4, 0.5) is 11.5 Å². The molecule has 0 saturated carbocycles. The first kappa shape index (κ1) is 9.09. The molecule has 0 aliphatic heterocycles. The molecule has 5 nitrogen and oxygen atoms in total. The molecule has 5 N–H and O–H groups in total. The van der Waals surface area contributed by atoms with Gasteiger partial charge in [0.15, 0.2) is 0 Å². The van der Waals surface area contributed by atoms with Crippen LogP contribution in [0.15, 0.2) is 24.3 Å². The van der Waals surface area contributed by atoms with Crippen molar-refractivity contribution in [2.75, 3.05) is 11.5 Å². The van der Waals surface area contributed by atoms with E-state index in [1.807, 2.05) is 6.07 Å². The van der Waals surface area contributed by atoms with E-state index in [0.717, 1.165) is 5.56 Å². The van der Waals surface area contributed by atoms with Crippen LogP contribution >= 0.6 is 0 Å². The Balaban J connectivity index is 2.55. The number of rotatable bonds is 1. The van der Waals surface area contributed by atoms with Gasteiger partial charge < -0.3 is 11.5 Å². The molecule has 2 aromatic rings. The number of hydrogen-bond acceptors (Lipinski definition) is 4. The Hall–Kier alpha value is -2.48. The van der Waals surface area contributed by atoms with Crippen LogP contribution in [0.3, 0.4) is 0 Å². The van der Waals surface area contributed by atoms with Gasteiger partial charge in [0.05, 0.1) is 0 Å². The molecule has 74 valence electrons. The van der Waals surface area contributed by atoms with E-state index >= 15 is 0 Å². The Morgan fingerprint density at radius 1 is 1.20 bits per heavy atom. The van der Waals surface area contributed by atoms with Crippen LogP contribution in [0, 0.1) is 11.3 Å². The average Bonchev–Trinajstić information content (AvgIpc) is 2.61. The second-order valence-electron chi connectivity index (χ2n) is 3.09. The van der Waals surface area contributed by atoms with Gasteiger partial charge in [-0.05, 0) is 12.1 Å². The lowest BCUT2D eigenvalue weighted by Crippen LogP contribution is -1.88. The molecule has 5 heteroatoms. The molecule has 0 aliphatic rings. The molecule has 0 fully saturated rings. The highest BCUT2D eigenvalue weighted by atomic mass is 15.2. The third-order valence-electron chi connectivity index (χ3n) is 2.09. The Kier molecular flexibility index (Phi) is 2.03. The average molecular weight is 199 g/mol. The number of H-pyrrole nitrogens is 1. The number of benzene rings is 1. The van der Waals surface area contributed by atoms with Crippen molar-refractivity contribution in [3.05, 3.63) is 29.8 Å². The van der Waals surface area contributed by atoms with Gasteiger partial charge >= 0.3 is 0 Å². The Labute approximate surface area is 86.3 Å². The van der Waals surface area contributed by atoms with E-state index in [2.05, 4.69) is 10.2 Å². The van der Waals surface area contributed by atoms with Crippen molar-refractivity contribution in [3.8, 4) is 17.3 Å². The quantitative estimate of drug-likeness (QED) is 0.598. The highest BCUT2D eigenvalue weighted by Crippen LogP contribution is 2.24. The monoisotopic (exact) mass is 199 g/mol. The van der Waals surface area contributed by atoms with Gasteiger partial charge in [0.2, 0.25) is 0 Å². The fourth-order valence-corrected chi connectivity index (χ4v) is 1.32. The second kappa shape index (κ2) is 3.35. The number of nitrogens with zero attached hydrogens (tertiary/aromatic N) is 2. The van der Waals surface area contributed by atoms with E-state index < -0.39 is 0 Å². The molecule has 0 amide bonds. The maximum atomic E-state index is 8.89. The van der Waals surface area contributed by atoms with Crippen molar-refractivity contribution in [1.29, 1.82) is 5.26 Å². The summed E-state index contributed by atoms with van der Waals surface area (Å²) in [5, 5.41) is 15.4. The van der Waals surface area contributed by atoms with Crippen LogP contribution in [0.5, 0.6) is 0 Å². The minimum absolute atomic E-state index is 0.282. The third-order valence-corrected chi connectivity index (χ3v) is 2.09. The number of aromatic amines is 1. The molecule has 0 radical (unpaired) electrons. The van der Waals surface area contributed by atoms with E-state index in [0.29, 0.717) is 16.9 Å². The topological polar surface area (TPSA) is 105 Å². The molecule has 0 unspecified atom stereocenters. The van der Waals surface area contributed by atoms with Gasteiger partial charge in [0, 0.05) is 11.3 Å². The van der Waals surface area contributed by atoms with Gasteiger partial charge in [-0.15, -0.1) is 0 Å². The molecular formula is C10H9N5. The first-order chi connectivity index (χ1) is 7.22. The zero-order valence-corrected chi connectivity index (χ0v) is 7.86. The van der Waals surface area contributed by atoms with Gasteiger partial charge in [-0.3, -0.25) is 5.10 Å². The van der Waals surface area contributed by atoms with E-state index in [1.54, 1.807) is 24.3 Å². The summed E-state index contributed by atoms with van der Waals surface area (Å²) in [6.07, 6.45) is 0. The van der Waals surface area contributed by atoms with Gasteiger partial charge in [0.1, 0.15) is 23.1 Å². The number of aromatic nitrogens is 2. The standard InChI is InChI=1S/C10H9N5/c11-5-8-9(14-15-10(8)13)6-1-3-7(12)4-2-6/h1-4H,12H2,(H3,13,14,15). The number of nitrogens with two attached hydrogens (primary N) is 2. The predicted octanol–water partition coefficient (Wildman–Crippen LogP) is 1.11. The molecule has 0 aliphatic carbocycles. The smallest absolute Gasteiger partial charge is 0.137 e. The lowest BCUT2D eigenvalue weighted by molar-refractivity contribution is 1.10. The van der Waals surface area contributed by atoms with Crippen molar-refractivity contribution in [3.63, 3.8) is 0 Å². The second-order valence-corrected chi connectivity index (χ2v) is 3.09. The van der Waals surface area contributed by atoms with Crippen LogP contribution in [0.1, 0.15) is 5.56 Å². The van der Waals surface area contributed by atoms with Crippen LogP contribution in [-0.4, -0.2) is 10.2 Å². The number of anilines is 2. The maximum Gasteiger partial charge on any atom is 0.137 e. The maximum absolute atomic E-state index is 8.89. The Bertz CT molecular complexity index is 518. The summed E-state index contributed by atoms with van der Waals surface area (Å²) in [7, 11) is 0. The van der Waals surface area contributed by atoms with Crippen LogP contribution < -0.4 is 11.5 Å². The lowest BCUT2D eigenvalue weighted by Gasteiger charge is -1.97. The highest BCUT2D eigenvalue weighted by molar-refractivity contribution is 5.72. The minimum atomic E-state index is 0.282. The summed E-state index contributed by atoms with van der Waals surface area (Å²) in [5.41, 5.74) is 13.5. The molecule has 0 saturated heterocycles. The van der Waals surface area contributed by atoms with Crippen molar-refractivity contribution in [2.45, 2.75) is 0 Å². The van der Waals surface area contributed by atoms with E-state index in [-0.39, 0.29) is 5.82 Å². The summed E-state index contributed by atoms with van der Waals surface area (Å²) in [6.45, 7) is 0. The van der Waals surface area contributed by atoms with Gasteiger partial charge in [-0.25, -0.2) is 0 Å². The molecule has 2 rings (SSSR count).